The number of carbonyl (C=O) groups is 1. The maximum Gasteiger partial charge on any atom is 0.234 e. The van der Waals surface area contributed by atoms with Crippen LogP contribution in [0.25, 0.3) is 0 Å². The first kappa shape index (κ1) is 16.4. The number of rotatable bonds is 8. The molecule has 0 spiro atoms. The molecule has 2 atom stereocenters. The Morgan fingerprint density at radius 2 is 2.16 bits per heavy atom. The average Bonchev–Trinajstić information content (AvgIpc) is 2.63. The molecule has 0 aliphatic carbocycles. The third-order valence-corrected chi connectivity index (χ3v) is 4.16. The molecule has 0 saturated carbocycles. The number of carbonyl (C=O) groups excluding carboxylic acids is 1. The Kier molecular flexibility index (Phi) is 8.07. The summed E-state index contributed by atoms with van der Waals surface area (Å²) in [4.78, 5) is 14.0. The van der Waals surface area contributed by atoms with E-state index < -0.39 is 0 Å². The smallest absolute Gasteiger partial charge is 0.234 e. The fourth-order valence-corrected chi connectivity index (χ4v) is 2.95. The van der Waals surface area contributed by atoms with Crippen molar-refractivity contribution in [1.29, 1.82) is 0 Å². The van der Waals surface area contributed by atoms with Gasteiger partial charge in [-0.3, -0.25) is 4.79 Å². The van der Waals surface area contributed by atoms with Crippen LogP contribution >= 0.6 is 0 Å². The van der Waals surface area contributed by atoms with Crippen LogP contribution in [-0.4, -0.2) is 42.5 Å². The molecular formula is C15H31N3O. The van der Waals surface area contributed by atoms with Gasteiger partial charge in [0.2, 0.25) is 5.91 Å². The van der Waals surface area contributed by atoms with E-state index in [4.69, 9.17) is 5.73 Å². The second kappa shape index (κ2) is 9.32. The van der Waals surface area contributed by atoms with Crippen LogP contribution < -0.4 is 11.1 Å². The lowest BCUT2D eigenvalue weighted by Crippen LogP contribution is -2.45. The first-order chi connectivity index (χ1) is 9.19. The van der Waals surface area contributed by atoms with Gasteiger partial charge in [0.25, 0.3) is 0 Å². The molecule has 0 aromatic rings. The SMILES string of the molecule is CCCNC(CCN1CCCCCC1CC)C(N)=O. The van der Waals surface area contributed by atoms with Crippen molar-refractivity contribution in [1.82, 2.24) is 10.2 Å². The van der Waals surface area contributed by atoms with Gasteiger partial charge in [-0.15, -0.1) is 0 Å². The molecule has 1 amide bonds. The Labute approximate surface area is 118 Å². The van der Waals surface area contributed by atoms with Gasteiger partial charge in [0, 0.05) is 12.6 Å². The lowest BCUT2D eigenvalue weighted by molar-refractivity contribution is -0.120. The van der Waals surface area contributed by atoms with E-state index in [1.807, 2.05) is 0 Å². The standard InChI is InChI=1S/C15H31N3O/c1-3-10-17-14(15(16)19)9-12-18-11-7-5-6-8-13(18)4-2/h13-14,17H,3-12H2,1-2H3,(H2,16,19). The molecule has 1 saturated heterocycles. The van der Waals surface area contributed by atoms with Gasteiger partial charge in [0.1, 0.15) is 0 Å². The lowest BCUT2D eigenvalue weighted by atomic mass is 10.1. The van der Waals surface area contributed by atoms with Gasteiger partial charge in [-0.1, -0.05) is 26.7 Å². The van der Waals surface area contributed by atoms with Crippen LogP contribution in [0.4, 0.5) is 0 Å². The zero-order valence-electron chi connectivity index (χ0n) is 12.7. The van der Waals surface area contributed by atoms with Crippen molar-refractivity contribution in [3.05, 3.63) is 0 Å². The molecule has 3 N–H and O–H groups in total. The van der Waals surface area contributed by atoms with Crippen LogP contribution in [0.15, 0.2) is 0 Å². The summed E-state index contributed by atoms with van der Waals surface area (Å²) >= 11 is 0. The average molecular weight is 269 g/mol. The molecule has 1 fully saturated rings. The highest BCUT2D eigenvalue weighted by molar-refractivity contribution is 5.79. The fraction of sp³-hybridized carbons (Fsp3) is 0.933. The molecule has 2 unspecified atom stereocenters. The monoisotopic (exact) mass is 269 g/mol. The molecule has 4 heteroatoms. The summed E-state index contributed by atoms with van der Waals surface area (Å²) < 4.78 is 0. The van der Waals surface area contributed by atoms with E-state index in [1.165, 1.54) is 38.6 Å². The first-order valence-electron chi connectivity index (χ1n) is 7.95. The van der Waals surface area contributed by atoms with Crippen molar-refractivity contribution in [3.63, 3.8) is 0 Å². The van der Waals surface area contributed by atoms with Crippen LogP contribution in [0.1, 0.15) is 58.8 Å². The van der Waals surface area contributed by atoms with E-state index in [9.17, 15) is 4.79 Å². The minimum atomic E-state index is -0.212. The summed E-state index contributed by atoms with van der Waals surface area (Å²) in [5.41, 5.74) is 5.47. The maximum absolute atomic E-state index is 11.4. The van der Waals surface area contributed by atoms with Crippen LogP contribution in [0.2, 0.25) is 0 Å². The van der Waals surface area contributed by atoms with Crippen molar-refractivity contribution < 1.29 is 4.79 Å². The normalized spacial score (nSPS) is 22.9. The quantitative estimate of drug-likeness (QED) is 0.707. The van der Waals surface area contributed by atoms with E-state index in [1.54, 1.807) is 0 Å². The molecule has 112 valence electrons. The summed E-state index contributed by atoms with van der Waals surface area (Å²) in [7, 11) is 0. The summed E-state index contributed by atoms with van der Waals surface area (Å²) in [5, 5.41) is 3.26. The largest absolute Gasteiger partial charge is 0.368 e. The summed E-state index contributed by atoms with van der Waals surface area (Å²) in [6, 6.07) is 0.530. The molecule has 1 aliphatic rings. The van der Waals surface area contributed by atoms with Crippen molar-refractivity contribution in [2.75, 3.05) is 19.6 Å². The van der Waals surface area contributed by atoms with Gasteiger partial charge in [-0.25, -0.2) is 0 Å². The van der Waals surface area contributed by atoms with Crippen LogP contribution in [0.5, 0.6) is 0 Å². The Hall–Kier alpha value is -0.610. The van der Waals surface area contributed by atoms with Gasteiger partial charge in [0.05, 0.1) is 6.04 Å². The Bertz CT molecular complexity index is 258. The number of amides is 1. The zero-order chi connectivity index (χ0) is 14.1. The van der Waals surface area contributed by atoms with E-state index >= 15 is 0 Å². The molecule has 1 rings (SSSR count). The van der Waals surface area contributed by atoms with E-state index in [-0.39, 0.29) is 11.9 Å². The van der Waals surface area contributed by atoms with Crippen molar-refractivity contribution in [2.45, 2.75) is 70.9 Å². The maximum atomic E-state index is 11.4. The van der Waals surface area contributed by atoms with Crippen LogP contribution in [-0.2, 0) is 4.79 Å². The van der Waals surface area contributed by atoms with E-state index in [2.05, 4.69) is 24.1 Å². The highest BCUT2D eigenvalue weighted by Crippen LogP contribution is 2.19. The number of nitrogens with two attached hydrogens (primary N) is 1. The topological polar surface area (TPSA) is 58.4 Å². The van der Waals surface area contributed by atoms with Crippen LogP contribution in [0, 0.1) is 0 Å². The third kappa shape index (κ3) is 5.91. The number of hydrogen-bond donors (Lipinski definition) is 2. The van der Waals surface area contributed by atoms with Crippen molar-refractivity contribution in [2.24, 2.45) is 5.73 Å². The minimum Gasteiger partial charge on any atom is -0.368 e. The summed E-state index contributed by atoms with van der Waals surface area (Å²) in [5.74, 6) is -0.212. The lowest BCUT2D eigenvalue weighted by Gasteiger charge is -2.30. The van der Waals surface area contributed by atoms with E-state index in [0.29, 0.717) is 6.04 Å². The molecular weight excluding hydrogens is 238 g/mol. The van der Waals surface area contributed by atoms with Gasteiger partial charge in [-0.2, -0.15) is 0 Å². The highest BCUT2D eigenvalue weighted by atomic mass is 16.1. The van der Waals surface area contributed by atoms with Crippen molar-refractivity contribution >= 4 is 5.91 Å². The van der Waals surface area contributed by atoms with Gasteiger partial charge in [-0.05, 0) is 45.2 Å². The van der Waals surface area contributed by atoms with Crippen LogP contribution in [0.3, 0.4) is 0 Å². The summed E-state index contributed by atoms with van der Waals surface area (Å²) in [6.07, 6.45) is 8.38. The van der Waals surface area contributed by atoms with Crippen molar-refractivity contribution in [3.8, 4) is 0 Å². The molecule has 0 aromatic carbocycles. The van der Waals surface area contributed by atoms with Gasteiger partial charge >= 0.3 is 0 Å². The number of nitrogens with zero attached hydrogens (tertiary/aromatic N) is 1. The number of nitrogens with one attached hydrogen (secondary N) is 1. The Morgan fingerprint density at radius 3 is 2.79 bits per heavy atom. The number of primary amides is 1. The predicted molar refractivity (Wildman–Crippen MR) is 80.0 cm³/mol. The zero-order valence-corrected chi connectivity index (χ0v) is 12.7. The second-order valence-corrected chi connectivity index (χ2v) is 5.65. The van der Waals surface area contributed by atoms with E-state index in [0.717, 1.165) is 25.9 Å². The number of hydrogen-bond acceptors (Lipinski definition) is 3. The highest BCUT2D eigenvalue weighted by Gasteiger charge is 2.21. The van der Waals surface area contributed by atoms with Gasteiger partial charge in [0.15, 0.2) is 0 Å². The molecule has 4 nitrogen and oxygen atoms in total. The molecule has 0 bridgehead atoms. The summed E-state index contributed by atoms with van der Waals surface area (Å²) in [6.45, 7) is 7.41. The molecule has 1 aliphatic heterocycles. The molecule has 0 radical (unpaired) electrons. The fourth-order valence-electron chi connectivity index (χ4n) is 2.95. The van der Waals surface area contributed by atoms with Gasteiger partial charge < -0.3 is 16.0 Å². The molecule has 19 heavy (non-hydrogen) atoms. The first-order valence-corrected chi connectivity index (χ1v) is 7.95. The predicted octanol–water partition coefficient (Wildman–Crippen LogP) is 1.88. The number of likely N-dealkylation sites (tertiary alicyclic amines) is 1. The Morgan fingerprint density at radius 1 is 1.37 bits per heavy atom. The minimum absolute atomic E-state index is 0.166. The Balaban J connectivity index is 2.43. The second-order valence-electron chi connectivity index (χ2n) is 5.65. The third-order valence-electron chi connectivity index (χ3n) is 4.16. The molecule has 1 heterocycles. The molecule has 0 aromatic heterocycles.